The van der Waals surface area contributed by atoms with Gasteiger partial charge in [-0.15, -0.1) is 5.10 Å². The third-order valence-electron chi connectivity index (χ3n) is 5.21. The lowest BCUT2D eigenvalue weighted by molar-refractivity contribution is 0.165. The van der Waals surface area contributed by atoms with Crippen molar-refractivity contribution in [2.75, 3.05) is 24.6 Å². The maximum absolute atomic E-state index is 12.3. The molecule has 1 aromatic rings. The molecule has 24 heavy (non-hydrogen) atoms. The minimum absolute atomic E-state index is 0.0676. The number of amides is 2. The number of sulfone groups is 1. The van der Waals surface area contributed by atoms with E-state index in [0.29, 0.717) is 31.5 Å². The molecule has 0 bridgehead atoms. The molecular weight excluding hydrogens is 330 g/mol. The Morgan fingerprint density at radius 3 is 2.54 bits per heavy atom. The molecule has 1 aromatic heterocycles. The third-order valence-corrected chi connectivity index (χ3v) is 6.98. The number of aromatic nitrogens is 3. The van der Waals surface area contributed by atoms with Crippen molar-refractivity contribution in [1.82, 2.24) is 25.2 Å². The Morgan fingerprint density at radius 2 is 1.92 bits per heavy atom. The van der Waals surface area contributed by atoms with E-state index in [1.54, 1.807) is 4.90 Å². The summed E-state index contributed by atoms with van der Waals surface area (Å²) in [5.74, 6) is 0.848. The molecule has 0 aromatic carbocycles. The standard InChI is InChI=1S/C15H23N5O3S/c21-15(16-12-5-8-24(22,23)10-12)19-6-3-13(4-7-19)20-9-14(17-18-20)11-1-2-11/h9,11-13H,1-8,10H2,(H,16,21)/t12-/m0/s1. The molecule has 0 radical (unpaired) electrons. The van der Waals surface area contributed by atoms with Crippen molar-refractivity contribution >= 4 is 15.9 Å². The zero-order valence-corrected chi connectivity index (χ0v) is 14.4. The Kier molecular flexibility index (Phi) is 3.98. The Balaban J connectivity index is 1.28. The number of urea groups is 1. The van der Waals surface area contributed by atoms with Gasteiger partial charge in [0.05, 0.1) is 23.2 Å². The monoisotopic (exact) mass is 353 g/mol. The lowest BCUT2D eigenvalue weighted by atomic mass is 10.1. The van der Waals surface area contributed by atoms with E-state index in [9.17, 15) is 13.2 Å². The van der Waals surface area contributed by atoms with E-state index in [1.807, 2.05) is 4.68 Å². The highest BCUT2D eigenvalue weighted by molar-refractivity contribution is 7.91. The summed E-state index contributed by atoms with van der Waals surface area (Å²) in [6, 6.07) is -0.0923. The van der Waals surface area contributed by atoms with Crippen molar-refractivity contribution in [3.63, 3.8) is 0 Å². The second kappa shape index (κ2) is 6.02. The molecule has 132 valence electrons. The fraction of sp³-hybridized carbons (Fsp3) is 0.800. The van der Waals surface area contributed by atoms with Crippen LogP contribution >= 0.6 is 0 Å². The summed E-state index contributed by atoms with van der Waals surface area (Å²) in [5, 5.41) is 11.4. The average molecular weight is 353 g/mol. The van der Waals surface area contributed by atoms with Crippen molar-refractivity contribution in [3.8, 4) is 0 Å². The topological polar surface area (TPSA) is 97.2 Å². The van der Waals surface area contributed by atoms with Gasteiger partial charge in [-0.05, 0) is 32.1 Å². The van der Waals surface area contributed by atoms with E-state index in [-0.39, 0.29) is 23.6 Å². The van der Waals surface area contributed by atoms with Gasteiger partial charge in [-0.25, -0.2) is 17.9 Å². The Bertz CT molecular complexity index is 719. The van der Waals surface area contributed by atoms with Crippen molar-refractivity contribution in [2.24, 2.45) is 0 Å². The molecule has 0 spiro atoms. The number of nitrogens with zero attached hydrogens (tertiary/aromatic N) is 4. The van der Waals surface area contributed by atoms with Gasteiger partial charge in [-0.3, -0.25) is 0 Å². The molecule has 9 heteroatoms. The second-order valence-electron chi connectivity index (χ2n) is 7.17. The first kappa shape index (κ1) is 15.9. The van der Waals surface area contributed by atoms with Gasteiger partial charge in [0.1, 0.15) is 0 Å². The quantitative estimate of drug-likeness (QED) is 0.862. The number of hydrogen-bond donors (Lipinski definition) is 1. The van der Waals surface area contributed by atoms with Crippen LogP contribution in [0.1, 0.15) is 49.8 Å². The van der Waals surface area contributed by atoms with Gasteiger partial charge in [0.15, 0.2) is 9.84 Å². The van der Waals surface area contributed by atoms with Crippen LogP contribution in [0.15, 0.2) is 6.20 Å². The second-order valence-corrected chi connectivity index (χ2v) is 9.39. The smallest absolute Gasteiger partial charge is 0.317 e. The van der Waals surface area contributed by atoms with Crippen LogP contribution in [-0.4, -0.2) is 65.0 Å². The highest BCUT2D eigenvalue weighted by Crippen LogP contribution is 2.39. The van der Waals surface area contributed by atoms with Crippen LogP contribution in [0.2, 0.25) is 0 Å². The lowest BCUT2D eigenvalue weighted by Crippen LogP contribution is -2.48. The van der Waals surface area contributed by atoms with E-state index < -0.39 is 9.84 Å². The van der Waals surface area contributed by atoms with Crippen molar-refractivity contribution < 1.29 is 13.2 Å². The number of hydrogen-bond acceptors (Lipinski definition) is 5. The van der Waals surface area contributed by atoms with Gasteiger partial charge >= 0.3 is 6.03 Å². The molecule has 4 rings (SSSR count). The summed E-state index contributed by atoms with van der Waals surface area (Å²) in [6.07, 6.45) is 6.71. The van der Waals surface area contributed by atoms with E-state index in [2.05, 4.69) is 21.8 Å². The summed E-state index contributed by atoms with van der Waals surface area (Å²) in [4.78, 5) is 14.1. The minimum Gasteiger partial charge on any atom is -0.334 e. The van der Waals surface area contributed by atoms with E-state index in [0.717, 1.165) is 18.5 Å². The van der Waals surface area contributed by atoms with Crippen LogP contribution in [0, 0.1) is 0 Å². The first-order valence-corrected chi connectivity index (χ1v) is 10.5. The molecule has 1 aliphatic carbocycles. The molecule has 8 nitrogen and oxygen atoms in total. The largest absolute Gasteiger partial charge is 0.334 e. The predicted molar refractivity (Wildman–Crippen MR) is 87.4 cm³/mol. The zero-order chi connectivity index (χ0) is 16.7. The molecule has 2 amide bonds. The molecule has 2 aliphatic heterocycles. The Labute approximate surface area is 141 Å². The maximum atomic E-state index is 12.3. The van der Waals surface area contributed by atoms with Gasteiger partial charge in [0, 0.05) is 31.2 Å². The molecule has 3 heterocycles. The summed E-state index contributed by atoms with van der Waals surface area (Å²) >= 11 is 0. The van der Waals surface area contributed by atoms with Crippen LogP contribution in [-0.2, 0) is 9.84 Å². The highest BCUT2D eigenvalue weighted by atomic mass is 32.2. The van der Waals surface area contributed by atoms with Crippen LogP contribution in [0.4, 0.5) is 4.79 Å². The summed E-state index contributed by atoms with van der Waals surface area (Å²) in [7, 11) is -2.97. The van der Waals surface area contributed by atoms with E-state index in [4.69, 9.17) is 0 Å². The van der Waals surface area contributed by atoms with Crippen LogP contribution < -0.4 is 5.32 Å². The number of carbonyl (C=O) groups is 1. The van der Waals surface area contributed by atoms with Gasteiger partial charge < -0.3 is 10.2 Å². The minimum atomic E-state index is -2.97. The molecule has 1 N–H and O–H groups in total. The van der Waals surface area contributed by atoms with Gasteiger partial charge in [-0.1, -0.05) is 5.21 Å². The molecule has 3 fully saturated rings. The number of nitrogens with one attached hydrogen (secondary N) is 1. The van der Waals surface area contributed by atoms with E-state index >= 15 is 0 Å². The maximum Gasteiger partial charge on any atom is 0.317 e. The third kappa shape index (κ3) is 3.40. The first-order chi connectivity index (χ1) is 11.5. The Morgan fingerprint density at radius 1 is 1.17 bits per heavy atom. The molecular formula is C15H23N5O3S. The average Bonchev–Trinajstić information content (AvgIpc) is 3.19. The molecule has 3 aliphatic rings. The molecule has 2 saturated heterocycles. The molecule has 1 atom stereocenters. The van der Waals surface area contributed by atoms with Crippen LogP contribution in [0.25, 0.3) is 0 Å². The first-order valence-electron chi connectivity index (χ1n) is 8.68. The van der Waals surface area contributed by atoms with Gasteiger partial charge in [-0.2, -0.15) is 0 Å². The summed E-state index contributed by atoms with van der Waals surface area (Å²) < 4.78 is 24.9. The fourth-order valence-electron chi connectivity index (χ4n) is 3.54. The van der Waals surface area contributed by atoms with Crippen LogP contribution in [0.3, 0.4) is 0 Å². The fourth-order valence-corrected chi connectivity index (χ4v) is 5.22. The highest BCUT2D eigenvalue weighted by Gasteiger charge is 2.32. The predicted octanol–water partition coefficient (Wildman–Crippen LogP) is 0.689. The SMILES string of the molecule is O=C(N[C@H]1CCS(=O)(=O)C1)N1CCC(n2cc(C3CC3)nn2)CC1. The van der Waals surface area contributed by atoms with E-state index in [1.165, 1.54) is 12.8 Å². The zero-order valence-electron chi connectivity index (χ0n) is 13.6. The van der Waals surface area contributed by atoms with Crippen LogP contribution in [0.5, 0.6) is 0 Å². The number of carbonyl (C=O) groups excluding carboxylic acids is 1. The number of likely N-dealkylation sites (tertiary alicyclic amines) is 1. The van der Waals surface area contributed by atoms with Crippen molar-refractivity contribution in [2.45, 2.75) is 50.1 Å². The van der Waals surface area contributed by atoms with Gasteiger partial charge in [0.2, 0.25) is 0 Å². The van der Waals surface area contributed by atoms with Gasteiger partial charge in [0.25, 0.3) is 0 Å². The lowest BCUT2D eigenvalue weighted by Gasteiger charge is -2.32. The Hall–Kier alpha value is -1.64. The van der Waals surface area contributed by atoms with Crippen molar-refractivity contribution in [1.29, 1.82) is 0 Å². The summed E-state index contributed by atoms with van der Waals surface area (Å²) in [6.45, 7) is 1.32. The normalized spacial score (nSPS) is 27.3. The number of rotatable bonds is 3. The molecule has 0 unspecified atom stereocenters. The number of piperidine rings is 1. The van der Waals surface area contributed by atoms with Crippen molar-refractivity contribution in [3.05, 3.63) is 11.9 Å². The summed E-state index contributed by atoms with van der Waals surface area (Å²) in [5.41, 5.74) is 1.10. The molecule has 1 saturated carbocycles.